The Hall–Kier alpha value is -3.83. The second-order valence-electron chi connectivity index (χ2n) is 12.4. The standard InChI is InChI=1S/C35H29GeNO2/c1-35(2)27-14-7-6-10-20(27)24-17-31-25(16-28(24)35)21-11-8-13-23(33(21)38-31)30-18-32-26(19-37-30)22-12-9-15-29(34(22)39-32)36(3,4)5/h6-19H,1-5H3. The van der Waals surface area contributed by atoms with Gasteiger partial charge in [0.2, 0.25) is 0 Å². The molecule has 0 spiro atoms. The van der Waals surface area contributed by atoms with Crippen molar-refractivity contribution in [2.45, 2.75) is 36.5 Å². The molecule has 0 atom stereocenters. The van der Waals surface area contributed by atoms with E-state index in [1.54, 1.807) is 0 Å². The maximum atomic E-state index is 6.62. The van der Waals surface area contributed by atoms with E-state index < -0.39 is 13.3 Å². The van der Waals surface area contributed by atoms with Gasteiger partial charge >= 0.3 is 176 Å². The third-order valence-corrected chi connectivity index (χ3v) is 12.9. The van der Waals surface area contributed by atoms with Gasteiger partial charge in [-0.1, -0.05) is 38.1 Å². The molecule has 3 aromatic heterocycles. The topological polar surface area (TPSA) is 39.2 Å². The van der Waals surface area contributed by atoms with Crippen LogP contribution in [0.5, 0.6) is 0 Å². The summed E-state index contributed by atoms with van der Waals surface area (Å²) in [6.45, 7) is 4.64. The number of benzene rings is 4. The number of fused-ring (bicyclic) bond motifs is 9. The third kappa shape index (κ3) is 3.14. The summed E-state index contributed by atoms with van der Waals surface area (Å²) < 4.78 is 14.5. The van der Waals surface area contributed by atoms with E-state index >= 15 is 0 Å². The van der Waals surface area contributed by atoms with Gasteiger partial charge in [0.1, 0.15) is 0 Å². The van der Waals surface area contributed by atoms with Gasteiger partial charge in [0.25, 0.3) is 0 Å². The second kappa shape index (κ2) is 7.64. The fraction of sp³-hybridized carbons (Fsp3) is 0.171. The number of para-hydroxylation sites is 2. The molecule has 0 amide bonds. The molecule has 3 heterocycles. The first-order valence-electron chi connectivity index (χ1n) is 13.6. The van der Waals surface area contributed by atoms with Crippen molar-refractivity contribution in [3.05, 3.63) is 96.2 Å². The molecule has 190 valence electrons. The molecule has 0 unspecified atom stereocenters. The quantitative estimate of drug-likeness (QED) is 0.195. The van der Waals surface area contributed by atoms with Crippen molar-refractivity contribution in [2.75, 3.05) is 0 Å². The minimum atomic E-state index is -2.10. The zero-order valence-corrected chi connectivity index (χ0v) is 24.9. The van der Waals surface area contributed by atoms with Crippen molar-refractivity contribution in [1.29, 1.82) is 0 Å². The molecule has 4 aromatic carbocycles. The molecule has 39 heavy (non-hydrogen) atoms. The van der Waals surface area contributed by atoms with Gasteiger partial charge in [-0.2, -0.15) is 0 Å². The Morgan fingerprint density at radius 3 is 2.13 bits per heavy atom. The molecule has 4 heteroatoms. The predicted molar refractivity (Wildman–Crippen MR) is 165 cm³/mol. The SMILES string of the molecule is CC1(C)c2ccccc2-c2cc3oc4c(-c5cc6oc7[c]([Ge]([CH3])([CH3])[CH3])cccc7c6cn5)cccc4c3cc21. The first-order chi connectivity index (χ1) is 18.7. The van der Waals surface area contributed by atoms with Crippen LogP contribution in [-0.4, -0.2) is 18.3 Å². The van der Waals surface area contributed by atoms with Crippen LogP contribution in [0.15, 0.2) is 93.9 Å². The number of rotatable bonds is 2. The number of aromatic nitrogens is 1. The third-order valence-electron chi connectivity index (χ3n) is 8.67. The van der Waals surface area contributed by atoms with E-state index in [1.807, 2.05) is 6.20 Å². The predicted octanol–water partition coefficient (Wildman–Crippen LogP) is 9.40. The summed E-state index contributed by atoms with van der Waals surface area (Å²) in [5.41, 5.74) is 10.8. The molecule has 7 aromatic rings. The van der Waals surface area contributed by atoms with Crippen molar-refractivity contribution in [3.63, 3.8) is 0 Å². The molecular formula is C35H29GeNO2. The van der Waals surface area contributed by atoms with Crippen molar-refractivity contribution in [3.8, 4) is 22.4 Å². The zero-order valence-electron chi connectivity index (χ0n) is 22.8. The van der Waals surface area contributed by atoms with Gasteiger partial charge < -0.3 is 0 Å². The molecule has 0 radical (unpaired) electrons. The van der Waals surface area contributed by atoms with E-state index in [-0.39, 0.29) is 5.41 Å². The average Bonchev–Trinajstić information content (AvgIpc) is 3.55. The van der Waals surface area contributed by atoms with E-state index in [2.05, 4.69) is 110 Å². The van der Waals surface area contributed by atoms with E-state index in [0.29, 0.717) is 0 Å². The molecule has 1 aliphatic rings. The molecule has 0 aliphatic heterocycles. The molecule has 1 aliphatic carbocycles. The molecule has 0 saturated heterocycles. The fourth-order valence-corrected chi connectivity index (χ4v) is 9.69. The van der Waals surface area contributed by atoms with Gasteiger partial charge in [0.15, 0.2) is 0 Å². The van der Waals surface area contributed by atoms with Crippen molar-refractivity contribution in [2.24, 2.45) is 0 Å². The Kier molecular flexibility index (Phi) is 4.52. The molecule has 0 fully saturated rings. The maximum absolute atomic E-state index is 6.62. The van der Waals surface area contributed by atoms with Crippen LogP contribution in [0.1, 0.15) is 25.0 Å². The van der Waals surface area contributed by atoms with Crippen LogP contribution in [0.4, 0.5) is 0 Å². The molecule has 0 bridgehead atoms. The van der Waals surface area contributed by atoms with E-state index in [9.17, 15) is 0 Å². The summed E-state index contributed by atoms with van der Waals surface area (Å²) in [6.07, 6.45) is 1.96. The second-order valence-corrected chi connectivity index (χ2v) is 23.0. The number of furan rings is 2. The van der Waals surface area contributed by atoms with Crippen LogP contribution >= 0.6 is 0 Å². The van der Waals surface area contributed by atoms with Gasteiger partial charge in [0, 0.05) is 5.41 Å². The average molecular weight is 568 g/mol. The number of nitrogens with zero attached hydrogens (tertiary/aromatic N) is 1. The van der Waals surface area contributed by atoms with Crippen molar-refractivity contribution in [1.82, 2.24) is 4.98 Å². The normalized spacial score (nSPS) is 14.5. The minimum absolute atomic E-state index is 0.0506. The summed E-state index contributed by atoms with van der Waals surface area (Å²) in [4.78, 5) is 4.92. The van der Waals surface area contributed by atoms with E-state index in [4.69, 9.17) is 13.8 Å². The number of pyridine rings is 1. The van der Waals surface area contributed by atoms with Crippen molar-refractivity contribution < 1.29 is 8.83 Å². The Morgan fingerprint density at radius 1 is 0.615 bits per heavy atom. The van der Waals surface area contributed by atoms with Crippen LogP contribution in [0.25, 0.3) is 66.3 Å². The number of hydrogen-bond acceptors (Lipinski definition) is 3. The first-order valence-corrected chi connectivity index (χ1v) is 21.0. The van der Waals surface area contributed by atoms with E-state index in [0.717, 1.165) is 55.1 Å². The van der Waals surface area contributed by atoms with Gasteiger partial charge in [-0.3, -0.25) is 0 Å². The van der Waals surface area contributed by atoms with Crippen LogP contribution in [0.2, 0.25) is 17.3 Å². The zero-order chi connectivity index (χ0) is 26.7. The summed E-state index contributed by atoms with van der Waals surface area (Å²) in [5.74, 6) is 7.22. The molecule has 0 saturated carbocycles. The summed E-state index contributed by atoms with van der Waals surface area (Å²) >= 11 is -2.10. The molecule has 3 nitrogen and oxygen atoms in total. The monoisotopic (exact) mass is 569 g/mol. The number of hydrogen-bond donors (Lipinski definition) is 0. The van der Waals surface area contributed by atoms with Crippen molar-refractivity contribution >= 4 is 61.5 Å². The Balaban J connectivity index is 1.34. The Morgan fingerprint density at radius 2 is 1.31 bits per heavy atom. The van der Waals surface area contributed by atoms with Gasteiger partial charge in [-0.25, -0.2) is 0 Å². The Bertz CT molecular complexity index is 2140. The van der Waals surface area contributed by atoms with Gasteiger partial charge in [-0.15, -0.1) is 0 Å². The van der Waals surface area contributed by atoms with Gasteiger partial charge in [0.05, 0.1) is 0 Å². The Labute approximate surface area is 229 Å². The molecule has 8 rings (SSSR count). The van der Waals surface area contributed by atoms with Crippen LogP contribution in [-0.2, 0) is 5.41 Å². The van der Waals surface area contributed by atoms with Crippen LogP contribution < -0.4 is 4.40 Å². The summed E-state index contributed by atoms with van der Waals surface area (Å²) in [6, 6.07) is 28.3. The van der Waals surface area contributed by atoms with Gasteiger partial charge in [-0.05, 0) is 11.1 Å². The molecule has 0 N–H and O–H groups in total. The van der Waals surface area contributed by atoms with Crippen LogP contribution in [0, 0.1) is 0 Å². The van der Waals surface area contributed by atoms with E-state index in [1.165, 1.54) is 26.6 Å². The fourth-order valence-electron chi connectivity index (χ4n) is 6.62. The molecular weight excluding hydrogens is 539 g/mol. The summed E-state index contributed by atoms with van der Waals surface area (Å²) in [5, 5.41) is 4.49. The first kappa shape index (κ1) is 23.1. The van der Waals surface area contributed by atoms with Crippen LogP contribution in [0.3, 0.4) is 0 Å². The summed E-state index contributed by atoms with van der Waals surface area (Å²) in [7, 11) is 0.